The zero-order valence-corrected chi connectivity index (χ0v) is 14.0. The summed E-state index contributed by atoms with van der Waals surface area (Å²) in [5, 5.41) is 4.05. The average molecular weight is 350 g/mol. The van der Waals surface area contributed by atoms with Crippen molar-refractivity contribution in [3.63, 3.8) is 0 Å². The Bertz CT molecular complexity index is 654. The number of ether oxygens (including phenoxy) is 1. The van der Waals surface area contributed by atoms with Crippen molar-refractivity contribution >= 4 is 32.8 Å². The monoisotopic (exact) mass is 349 g/mol. The molecule has 112 valence electrons. The molecule has 0 aliphatic heterocycles. The van der Waals surface area contributed by atoms with Gasteiger partial charge in [0.25, 0.3) is 0 Å². The number of aryl methyl sites for hydroxylation is 1. The Hall–Kier alpha value is -1.36. The minimum Gasteiger partial charge on any atom is -0.488 e. The van der Waals surface area contributed by atoms with E-state index in [1.54, 1.807) is 0 Å². The summed E-state index contributed by atoms with van der Waals surface area (Å²) in [5.74, 6) is 1.49. The maximum atomic E-state index is 6.26. The summed E-state index contributed by atoms with van der Waals surface area (Å²) in [4.78, 5) is 9.04. The highest BCUT2D eigenvalue weighted by Crippen LogP contribution is 2.33. The molecule has 0 atom stereocenters. The van der Waals surface area contributed by atoms with Crippen molar-refractivity contribution in [2.24, 2.45) is 0 Å². The fraction of sp³-hybridized carbons (Fsp3) is 0.500. The minimum atomic E-state index is 0.310. The first-order valence-electron chi connectivity index (χ1n) is 7.49. The summed E-state index contributed by atoms with van der Waals surface area (Å²) in [7, 11) is 1.83. The van der Waals surface area contributed by atoms with Crippen LogP contribution in [0, 0.1) is 6.92 Å². The van der Waals surface area contributed by atoms with Gasteiger partial charge in [0, 0.05) is 16.9 Å². The molecule has 0 radical (unpaired) electrons. The van der Waals surface area contributed by atoms with Gasteiger partial charge in [0.15, 0.2) is 0 Å². The Morgan fingerprint density at radius 1 is 1.19 bits per heavy atom. The van der Waals surface area contributed by atoms with Crippen molar-refractivity contribution in [3.8, 4) is 5.75 Å². The van der Waals surface area contributed by atoms with Crippen molar-refractivity contribution in [1.82, 2.24) is 9.97 Å². The molecule has 0 bridgehead atoms. The number of fused-ring (bicyclic) bond motifs is 1. The van der Waals surface area contributed by atoms with Crippen molar-refractivity contribution in [2.45, 2.75) is 45.1 Å². The zero-order valence-electron chi connectivity index (χ0n) is 12.4. The highest BCUT2D eigenvalue weighted by molar-refractivity contribution is 9.10. The second kappa shape index (κ2) is 6.18. The van der Waals surface area contributed by atoms with Crippen LogP contribution in [0.3, 0.4) is 0 Å². The summed E-state index contributed by atoms with van der Waals surface area (Å²) in [6.07, 6.45) is 6.42. The Morgan fingerprint density at radius 3 is 2.67 bits per heavy atom. The Labute approximate surface area is 133 Å². The average Bonchev–Trinajstić information content (AvgIpc) is 2.49. The molecular weight excluding hydrogens is 330 g/mol. The number of anilines is 1. The molecule has 5 heteroatoms. The van der Waals surface area contributed by atoms with E-state index in [2.05, 4.69) is 37.3 Å². The third kappa shape index (κ3) is 3.12. The molecule has 0 saturated heterocycles. The smallest absolute Gasteiger partial charge is 0.223 e. The maximum Gasteiger partial charge on any atom is 0.223 e. The largest absolute Gasteiger partial charge is 0.488 e. The van der Waals surface area contributed by atoms with E-state index in [9.17, 15) is 0 Å². The number of halogens is 1. The lowest BCUT2D eigenvalue weighted by Gasteiger charge is -2.23. The predicted octanol–water partition coefficient (Wildman–Crippen LogP) is 4.45. The molecule has 0 spiro atoms. The molecule has 3 rings (SSSR count). The van der Waals surface area contributed by atoms with Crippen molar-refractivity contribution < 1.29 is 4.74 Å². The summed E-state index contributed by atoms with van der Waals surface area (Å²) in [5.41, 5.74) is 1.85. The summed E-state index contributed by atoms with van der Waals surface area (Å²) >= 11 is 3.57. The van der Waals surface area contributed by atoms with Crippen LogP contribution in [-0.4, -0.2) is 23.1 Å². The Morgan fingerprint density at radius 2 is 1.95 bits per heavy atom. The first-order valence-corrected chi connectivity index (χ1v) is 8.29. The van der Waals surface area contributed by atoms with E-state index in [1.165, 1.54) is 19.3 Å². The van der Waals surface area contributed by atoms with E-state index in [-0.39, 0.29) is 0 Å². The van der Waals surface area contributed by atoms with Crippen molar-refractivity contribution in [3.05, 3.63) is 22.3 Å². The SMILES string of the molecule is CNc1nc(C)c2cc(Br)cc(OC3CCCCC3)c2n1. The summed E-state index contributed by atoms with van der Waals surface area (Å²) < 4.78 is 7.26. The topological polar surface area (TPSA) is 47.0 Å². The molecule has 1 aromatic heterocycles. The van der Waals surface area contributed by atoms with Gasteiger partial charge in [-0.2, -0.15) is 0 Å². The van der Waals surface area contributed by atoms with Gasteiger partial charge >= 0.3 is 0 Å². The lowest BCUT2D eigenvalue weighted by Crippen LogP contribution is -2.20. The fourth-order valence-electron chi connectivity index (χ4n) is 2.88. The van der Waals surface area contributed by atoms with Gasteiger partial charge in [0.1, 0.15) is 11.3 Å². The lowest BCUT2D eigenvalue weighted by molar-refractivity contribution is 0.156. The third-order valence-corrected chi connectivity index (χ3v) is 4.45. The standard InChI is InChI=1S/C16H20BrN3O/c1-10-13-8-11(17)9-14(15(13)20-16(18-2)19-10)21-12-6-4-3-5-7-12/h8-9,12H,3-7H2,1-2H3,(H,18,19,20). The van der Waals surface area contributed by atoms with Gasteiger partial charge in [0.05, 0.1) is 11.8 Å². The molecule has 1 aliphatic rings. The second-order valence-corrected chi connectivity index (χ2v) is 6.48. The van der Waals surface area contributed by atoms with Crippen LogP contribution in [0.4, 0.5) is 5.95 Å². The van der Waals surface area contributed by atoms with Gasteiger partial charge in [-0.05, 0) is 44.7 Å². The second-order valence-electron chi connectivity index (χ2n) is 5.56. The van der Waals surface area contributed by atoms with E-state index < -0.39 is 0 Å². The normalized spacial score (nSPS) is 16.1. The van der Waals surface area contributed by atoms with Crippen LogP contribution in [0.5, 0.6) is 5.75 Å². The molecule has 0 amide bonds. The summed E-state index contributed by atoms with van der Waals surface area (Å²) in [6, 6.07) is 4.07. The van der Waals surface area contributed by atoms with E-state index in [0.29, 0.717) is 12.1 Å². The predicted molar refractivity (Wildman–Crippen MR) is 89.0 cm³/mol. The number of hydrogen-bond acceptors (Lipinski definition) is 4. The van der Waals surface area contributed by atoms with Crippen LogP contribution in [0.25, 0.3) is 10.9 Å². The molecule has 21 heavy (non-hydrogen) atoms. The highest BCUT2D eigenvalue weighted by Gasteiger charge is 2.18. The van der Waals surface area contributed by atoms with Gasteiger partial charge in [-0.25, -0.2) is 9.97 Å². The highest BCUT2D eigenvalue weighted by atomic mass is 79.9. The van der Waals surface area contributed by atoms with Crippen LogP contribution in [0.2, 0.25) is 0 Å². The van der Waals surface area contributed by atoms with Crippen LogP contribution in [0.15, 0.2) is 16.6 Å². The Kier molecular flexibility index (Phi) is 4.29. The molecule has 2 aromatic rings. The number of nitrogens with zero attached hydrogens (tertiary/aromatic N) is 2. The molecular formula is C16H20BrN3O. The lowest BCUT2D eigenvalue weighted by atomic mass is 9.98. The van der Waals surface area contributed by atoms with Crippen LogP contribution >= 0.6 is 15.9 Å². The number of hydrogen-bond donors (Lipinski definition) is 1. The molecule has 1 aliphatic carbocycles. The molecule has 0 unspecified atom stereocenters. The zero-order chi connectivity index (χ0) is 14.8. The molecule has 1 aromatic carbocycles. The third-order valence-electron chi connectivity index (χ3n) is 3.99. The molecule has 4 nitrogen and oxygen atoms in total. The first kappa shape index (κ1) is 14.6. The van der Waals surface area contributed by atoms with Crippen molar-refractivity contribution in [1.29, 1.82) is 0 Å². The first-order chi connectivity index (χ1) is 10.2. The molecule has 1 heterocycles. The van der Waals surface area contributed by atoms with Gasteiger partial charge in [-0.15, -0.1) is 0 Å². The van der Waals surface area contributed by atoms with Crippen LogP contribution in [-0.2, 0) is 0 Å². The quantitative estimate of drug-likeness (QED) is 0.888. The van der Waals surface area contributed by atoms with Gasteiger partial charge in [-0.1, -0.05) is 22.4 Å². The number of rotatable bonds is 3. The van der Waals surface area contributed by atoms with E-state index in [0.717, 1.165) is 39.7 Å². The van der Waals surface area contributed by atoms with Gasteiger partial charge < -0.3 is 10.1 Å². The van der Waals surface area contributed by atoms with E-state index in [1.807, 2.05) is 20.0 Å². The van der Waals surface area contributed by atoms with Crippen molar-refractivity contribution in [2.75, 3.05) is 12.4 Å². The van der Waals surface area contributed by atoms with E-state index >= 15 is 0 Å². The number of aromatic nitrogens is 2. The van der Waals surface area contributed by atoms with Crippen LogP contribution < -0.4 is 10.1 Å². The molecule has 1 N–H and O–H groups in total. The van der Waals surface area contributed by atoms with Crippen LogP contribution in [0.1, 0.15) is 37.8 Å². The maximum absolute atomic E-state index is 6.26. The molecule has 1 saturated carbocycles. The number of nitrogens with one attached hydrogen (secondary N) is 1. The minimum absolute atomic E-state index is 0.310. The Balaban J connectivity index is 2.04. The number of benzene rings is 1. The van der Waals surface area contributed by atoms with Gasteiger partial charge in [0.2, 0.25) is 5.95 Å². The summed E-state index contributed by atoms with van der Waals surface area (Å²) in [6.45, 7) is 2.00. The molecule has 1 fully saturated rings. The van der Waals surface area contributed by atoms with Gasteiger partial charge in [-0.3, -0.25) is 0 Å². The fourth-order valence-corrected chi connectivity index (χ4v) is 3.32. The van der Waals surface area contributed by atoms with E-state index in [4.69, 9.17) is 4.74 Å².